The van der Waals surface area contributed by atoms with Gasteiger partial charge in [-0.05, 0) is 81.6 Å². The molecule has 1 aliphatic heterocycles. The molecular weight excluding hydrogens is 742 g/mol. The number of amides is 1. The van der Waals surface area contributed by atoms with Crippen molar-refractivity contribution in [2.24, 2.45) is 9.98 Å². The number of carbonyl (C=O) groups is 1. The highest BCUT2D eigenvalue weighted by molar-refractivity contribution is 7.89. The van der Waals surface area contributed by atoms with Crippen LogP contribution in [0.15, 0.2) is 80.1 Å². The molecule has 13 nitrogen and oxygen atoms in total. The number of sulfonamides is 1. The molecule has 0 aliphatic carbocycles. The number of rotatable bonds is 17. The second-order valence-electron chi connectivity index (χ2n) is 13.3. The summed E-state index contributed by atoms with van der Waals surface area (Å²) in [6.07, 6.45) is 0.704. The van der Waals surface area contributed by atoms with E-state index in [2.05, 4.69) is 30.4 Å². The van der Waals surface area contributed by atoms with Crippen molar-refractivity contribution in [1.29, 1.82) is 0 Å². The number of fused-ring (bicyclic) bond motifs is 1. The molecule has 4 aromatic rings. The van der Waals surface area contributed by atoms with E-state index in [1.165, 1.54) is 0 Å². The van der Waals surface area contributed by atoms with Gasteiger partial charge in [0, 0.05) is 68.1 Å². The van der Waals surface area contributed by atoms with Crippen LogP contribution in [0.1, 0.15) is 47.9 Å². The summed E-state index contributed by atoms with van der Waals surface area (Å²) in [5.74, 6) is 2.04. The Balaban J connectivity index is 1.05. The molecule has 15 heteroatoms. The summed E-state index contributed by atoms with van der Waals surface area (Å²) in [6, 6.07) is 18.4. The maximum atomic E-state index is 13.2. The van der Waals surface area contributed by atoms with E-state index in [-0.39, 0.29) is 29.8 Å². The van der Waals surface area contributed by atoms with E-state index in [4.69, 9.17) is 30.6 Å². The number of amidine groups is 1. The van der Waals surface area contributed by atoms with Gasteiger partial charge in [0.05, 0.1) is 54.0 Å². The van der Waals surface area contributed by atoms with Crippen LogP contribution >= 0.6 is 11.6 Å². The number of nitrogens with zero attached hydrogens (tertiary/aromatic N) is 4. The fraction of sp³-hybridized carbons (Fsp3) is 0.400. The van der Waals surface area contributed by atoms with E-state index >= 15 is 0 Å². The van der Waals surface area contributed by atoms with Gasteiger partial charge in [-0.2, -0.15) is 0 Å². The first-order chi connectivity index (χ1) is 26.4. The van der Waals surface area contributed by atoms with Crippen LogP contribution in [0.2, 0.25) is 5.02 Å². The summed E-state index contributed by atoms with van der Waals surface area (Å²) in [5.41, 5.74) is 6.35. The number of benzodiazepines with no additional fused rings is 1. The second kappa shape index (κ2) is 19.3. The first kappa shape index (κ1) is 41.6. The zero-order valence-electron chi connectivity index (χ0n) is 32.2. The number of aryl methyl sites for hydroxylation is 3. The molecule has 3 N–H and O–H groups in total. The highest BCUT2D eigenvalue weighted by Gasteiger charge is 2.28. The van der Waals surface area contributed by atoms with Gasteiger partial charge in [-0.3, -0.25) is 14.8 Å². The molecule has 294 valence electrons. The minimum absolute atomic E-state index is 0.107. The Morgan fingerprint density at radius 1 is 1.00 bits per heavy atom. The summed E-state index contributed by atoms with van der Waals surface area (Å²) in [7, 11) is -0.343. The first-order valence-electron chi connectivity index (χ1n) is 18.2. The van der Waals surface area contributed by atoms with Crippen molar-refractivity contribution >= 4 is 44.8 Å². The normalized spacial score (nSPS) is 14.7. The number of hydrogen-bond acceptors (Lipinski definition) is 10. The van der Waals surface area contributed by atoms with Gasteiger partial charge in [0.2, 0.25) is 15.9 Å². The number of methoxy groups -OCH3 is 1. The smallest absolute Gasteiger partial charge is 0.240 e. The Morgan fingerprint density at radius 3 is 2.47 bits per heavy atom. The average Bonchev–Trinajstić information content (AvgIpc) is 3.42. The van der Waals surface area contributed by atoms with E-state index in [1.54, 1.807) is 40.1 Å². The third-order valence-corrected chi connectivity index (χ3v) is 11.2. The molecule has 1 aromatic heterocycles. The Kier molecular flexibility index (Phi) is 14.6. The quantitative estimate of drug-likeness (QED) is 0.0715. The predicted molar refractivity (Wildman–Crippen MR) is 218 cm³/mol. The number of ether oxygens (including phenoxy) is 2. The monoisotopic (exact) mass is 791 g/mol. The molecule has 3 aromatic carbocycles. The molecule has 1 atom stereocenters. The summed E-state index contributed by atoms with van der Waals surface area (Å²) in [5, 5.41) is 10.9. The first-order valence-corrected chi connectivity index (χ1v) is 20.1. The molecule has 1 unspecified atom stereocenters. The van der Waals surface area contributed by atoms with Crippen LogP contribution in [0.3, 0.4) is 0 Å². The third kappa shape index (κ3) is 10.8. The second-order valence-corrected chi connectivity index (χ2v) is 15.4. The molecule has 0 spiro atoms. The number of anilines is 1. The average molecular weight is 792 g/mol. The van der Waals surface area contributed by atoms with E-state index < -0.39 is 10.0 Å². The molecule has 2 heterocycles. The van der Waals surface area contributed by atoms with Crippen molar-refractivity contribution in [1.82, 2.24) is 20.5 Å². The summed E-state index contributed by atoms with van der Waals surface area (Å²) in [4.78, 5) is 25.1. The fourth-order valence-electron chi connectivity index (χ4n) is 6.39. The number of nitrogens with one attached hydrogen (secondary N) is 3. The zero-order chi connectivity index (χ0) is 39.5. The van der Waals surface area contributed by atoms with E-state index in [0.717, 1.165) is 39.5 Å². The van der Waals surface area contributed by atoms with Gasteiger partial charge in [0.1, 0.15) is 11.5 Å². The minimum atomic E-state index is -3.72. The maximum Gasteiger partial charge on any atom is 0.240 e. The fourth-order valence-corrected chi connectivity index (χ4v) is 7.86. The lowest BCUT2D eigenvalue weighted by molar-refractivity contribution is -0.121. The van der Waals surface area contributed by atoms with Gasteiger partial charge >= 0.3 is 0 Å². The van der Waals surface area contributed by atoms with Crippen LogP contribution < -0.4 is 25.0 Å². The lowest BCUT2D eigenvalue weighted by Gasteiger charge is -2.26. The van der Waals surface area contributed by atoms with E-state index in [9.17, 15) is 13.2 Å². The molecule has 0 fully saturated rings. The van der Waals surface area contributed by atoms with Gasteiger partial charge in [-0.1, -0.05) is 41.0 Å². The highest BCUT2D eigenvalue weighted by atomic mass is 35.5. The Labute approximate surface area is 328 Å². The van der Waals surface area contributed by atoms with Gasteiger partial charge in [0.15, 0.2) is 0 Å². The van der Waals surface area contributed by atoms with Crippen molar-refractivity contribution < 1.29 is 27.2 Å². The summed E-state index contributed by atoms with van der Waals surface area (Å²) in [6.45, 7) is 10.5. The number of aromatic nitrogens is 1. The Morgan fingerprint density at radius 2 is 1.76 bits per heavy atom. The van der Waals surface area contributed by atoms with Crippen molar-refractivity contribution in [3.8, 4) is 16.9 Å². The highest BCUT2D eigenvalue weighted by Crippen LogP contribution is 2.33. The van der Waals surface area contributed by atoms with Crippen LogP contribution in [0, 0.1) is 20.8 Å². The maximum absolute atomic E-state index is 13.2. The van der Waals surface area contributed by atoms with E-state index in [1.807, 2.05) is 62.4 Å². The number of benzene rings is 3. The topological polar surface area (TPSA) is 160 Å². The standard InChI is InChI=1S/C40H50ClN7O6S/c1-26-8-9-31(39-27(2)47-54-28(39)3)22-37(26)55(50,51)45-16-7-20-53-21-19-43-17-18-44-38(49)23-33-25-48(29(4)42-5)36-15-14-34(52-6)24-35(36)40(46-33)30-10-12-32(41)13-11-30/h8-15,22,24,33,43,45H,7,16-21,23,25H2,1-6H3,(H,44,49). The molecule has 1 amide bonds. The Bertz CT molecular complexity index is 2100. The van der Waals surface area contributed by atoms with Gasteiger partial charge in [0.25, 0.3) is 0 Å². The molecule has 0 bridgehead atoms. The van der Waals surface area contributed by atoms with Gasteiger partial charge < -0.3 is 29.5 Å². The van der Waals surface area contributed by atoms with Crippen LogP contribution in [0.4, 0.5) is 5.69 Å². The van der Waals surface area contributed by atoms with Crippen LogP contribution in [0.5, 0.6) is 5.75 Å². The number of halogens is 1. The number of carbonyl (C=O) groups excluding carboxylic acids is 1. The number of aliphatic imine (C=N–C) groups is 2. The number of hydrogen-bond donors (Lipinski definition) is 3. The molecule has 5 rings (SSSR count). The van der Waals surface area contributed by atoms with Crippen LogP contribution in [0.25, 0.3) is 11.1 Å². The Hall–Kier alpha value is -4.60. The summed E-state index contributed by atoms with van der Waals surface area (Å²) < 4.78 is 45.4. The van der Waals surface area contributed by atoms with E-state index in [0.29, 0.717) is 73.6 Å². The molecular formula is C40H50ClN7O6S. The summed E-state index contributed by atoms with van der Waals surface area (Å²) >= 11 is 6.21. The van der Waals surface area contributed by atoms with Crippen molar-refractivity contribution in [3.63, 3.8) is 0 Å². The minimum Gasteiger partial charge on any atom is -0.497 e. The van der Waals surface area contributed by atoms with Crippen molar-refractivity contribution in [3.05, 3.63) is 93.8 Å². The lowest BCUT2D eigenvalue weighted by atomic mass is 9.99. The molecule has 55 heavy (non-hydrogen) atoms. The van der Waals surface area contributed by atoms with Crippen LogP contribution in [-0.4, -0.2) is 97.2 Å². The molecule has 0 radical (unpaired) electrons. The van der Waals surface area contributed by atoms with Crippen molar-refractivity contribution in [2.75, 3.05) is 65.0 Å². The molecule has 0 saturated carbocycles. The van der Waals surface area contributed by atoms with Crippen LogP contribution in [-0.2, 0) is 19.6 Å². The van der Waals surface area contributed by atoms with Gasteiger partial charge in [-0.25, -0.2) is 13.1 Å². The predicted octanol–water partition coefficient (Wildman–Crippen LogP) is 5.48. The SMILES string of the molecule is CN=C(C)N1CC(CC(=O)NCCNCCOCCCNS(=O)(=O)c2cc(-c3c(C)noc3C)ccc2C)N=C(c2ccc(Cl)cc2)c2cc(OC)ccc21. The van der Waals surface area contributed by atoms with Crippen molar-refractivity contribution in [2.45, 2.75) is 51.5 Å². The zero-order valence-corrected chi connectivity index (χ0v) is 33.8. The molecule has 1 aliphatic rings. The van der Waals surface area contributed by atoms with Gasteiger partial charge in [-0.15, -0.1) is 0 Å². The lowest BCUT2D eigenvalue weighted by Crippen LogP contribution is -2.39. The largest absolute Gasteiger partial charge is 0.497 e. The third-order valence-electron chi connectivity index (χ3n) is 9.31. The molecule has 0 saturated heterocycles.